The summed E-state index contributed by atoms with van der Waals surface area (Å²) in [5, 5.41) is 26.6. The van der Waals surface area contributed by atoms with Crippen LogP contribution in [0.4, 0.5) is 0 Å². The standard InChI is InChI=1S/C23H25N7O2/c1-15-9-16(6-8-25-15)21-19-10-17(4-5-20(19)28-29-21)22(31)27-18-3-2-7-23(32,11-18)12-30-14-24-13-26-30/h4-6,8-10,13-14,18,32H,2-3,7,11-12H2,1H3,(H,27,31)(H,28,29)/t18-,23+/m0/s1. The van der Waals surface area contributed by atoms with Gasteiger partial charge in [0.25, 0.3) is 5.91 Å². The number of nitrogens with zero attached hydrogens (tertiary/aromatic N) is 5. The molecular weight excluding hydrogens is 406 g/mol. The van der Waals surface area contributed by atoms with Crippen LogP contribution in [0.5, 0.6) is 0 Å². The summed E-state index contributed by atoms with van der Waals surface area (Å²) in [5.74, 6) is -0.153. The van der Waals surface area contributed by atoms with Crippen molar-refractivity contribution < 1.29 is 9.90 Å². The zero-order valence-electron chi connectivity index (χ0n) is 17.8. The number of pyridine rings is 1. The fraction of sp³-hybridized carbons (Fsp3) is 0.348. The van der Waals surface area contributed by atoms with E-state index in [1.165, 1.54) is 6.33 Å². The smallest absolute Gasteiger partial charge is 0.251 e. The van der Waals surface area contributed by atoms with E-state index >= 15 is 0 Å². The molecule has 1 aliphatic carbocycles. The van der Waals surface area contributed by atoms with Crippen molar-refractivity contribution >= 4 is 16.8 Å². The molecule has 164 valence electrons. The lowest BCUT2D eigenvalue weighted by Gasteiger charge is -2.36. The number of carbonyl (C=O) groups is 1. The normalized spacial score (nSPS) is 21.0. The van der Waals surface area contributed by atoms with Crippen LogP contribution in [-0.2, 0) is 6.54 Å². The number of rotatable bonds is 5. The molecule has 0 bridgehead atoms. The topological polar surface area (TPSA) is 122 Å². The average Bonchev–Trinajstić information content (AvgIpc) is 3.42. The van der Waals surface area contributed by atoms with Gasteiger partial charge < -0.3 is 10.4 Å². The van der Waals surface area contributed by atoms with E-state index in [9.17, 15) is 9.90 Å². The summed E-state index contributed by atoms with van der Waals surface area (Å²) in [4.78, 5) is 21.2. The minimum absolute atomic E-state index is 0.105. The maximum absolute atomic E-state index is 13.0. The highest BCUT2D eigenvalue weighted by Crippen LogP contribution is 2.31. The van der Waals surface area contributed by atoms with E-state index < -0.39 is 5.60 Å². The Morgan fingerprint density at radius 1 is 1.34 bits per heavy atom. The molecule has 1 saturated carbocycles. The van der Waals surface area contributed by atoms with Crippen molar-refractivity contribution in [2.75, 3.05) is 0 Å². The van der Waals surface area contributed by atoms with Gasteiger partial charge in [0, 0.05) is 34.4 Å². The highest BCUT2D eigenvalue weighted by molar-refractivity contribution is 6.01. The van der Waals surface area contributed by atoms with Gasteiger partial charge in [-0.2, -0.15) is 10.2 Å². The Labute approximate surface area is 184 Å². The second-order valence-corrected chi connectivity index (χ2v) is 8.60. The zero-order valence-corrected chi connectivity index (χ0v) is 17.8. The third-order valence-electron chi connectivity index (χ3n) is 6.07. The number of aliphatic hydroxyl groups is 1. The number of aromatic nitrogens is 6. The van der Waals surface area contributed by atoms with Gasteiger partial charge in [-0.15, -0.1) is 0 Å². The molecule has 32 heavy (non-hydrogen) atoms. The summed E-state index contributed by atoms with van der Waals surface area (Å²) in [6.07, 6.45) is 7.64. The second kappa shape index (κ2) is 8.16. The van der Waals surface area contributed by atoms with Crippen LogP contribution >= 0.6 is 0 Å². The van der Waals surface area contributed by atoms with E-state index in [0.29, 0.717) is 24.9 Å². The molecule has 1 aromatic carbocycles. The molecule has 0 spiro atoms. The van der Waals surface area contributed by atoms with Crippen LogP contribution in [0.3, 0.4) is 0 Å². The number of nitrogens with one attached hydrogen (secondary N) is 2. The van der Waals surface area contributed by atoms with E-state index in [4.69, 9.17) is 0 Å². The van der Waals surface area contributed by atoms with Crippen molar-refractivity contribution in [3.8, 4) is 11.3 Å². The third kappa shape index (κ3) is 4.11. The van der Waals surface area contributed by atoms with Gasteiger partial charge in [0.05, 0.1) is 17.7 Å². The van der Waals surface area contributed by atoms with Gasteiger partial charge in [0.2, 0.25) is 0 Å². The molecule has 5 rings (SSSR count). The van der Waals surface area contributed by atoms with Gasteiger partial charge in [-0.3, -0.25) is 19.6 Å². The van der Waals surface area contributed by atoms with Crippen molar-refractivity contribution in [3.63, 3.8) is 0 Å². The molecule has 1 amide bonds. The number of H-pyrrole nitrogens is 1. The van der Waals surface area contributed by atoms with Gasteiger partial charge in [-0.25, -0.2) is 4.98 Å². The summed E-state index contributed by atoms with van der Waals surface area (Å²) >= 11 is 0. The minimum Gasteiger partial charge on any atom is -0.388 e. The van der Waals surface area contributed by atoms with E-state index in [-0.39, 0.29) is 11.9 Å². The fourth-order valence-corrected chi connectivity index (χ4v) is 4.56. The van der Waals surface area contributed by atoms with Crippen LogP contribution in [0, 0.1) is 6.92 Å². The van der Waals surface area contributed by atoms with Crippen LogP contribution < -0.4 is 5.32 Å². The van der Waals surface area contributed by atoms with E-state index in [1.807, 2.05) is 31.2 Å². The fourth-order valence-electron chi connectivity index (χ4n) is 4.56. The summed E-state index contributed by atoms with van der Waals surface area (Å²) in [5.41, 5.74) is 3.17. The van der Waals surface area contributed by atoms with Crippen LogP contribution in [0.1, 0.15) is 41.7 Å². The zero-order chi connectivity index (χ0) is 22.1. The Morgan fingerprint density at radius 3 is 3.06 bits per heavy atom. The predicted octanol–water partition coefficient (Wildman–Crippen LogP) is 2.63. The SMILES string of the molecule is Cc1cc(-c2n[nH]c3ccc(C(=O)N[C@H]4CCC[C@](O)(Cn5cncn5)C4)cc23)ccn1. The van der Waals surface area contributed by atoms with Gasteiger partial charge in [0.15, 0.2) is 0 Å². The first-order valence-electron chi connectivity index (χ1n) is 10.8. The molecule has 2 atom stereocenters. The first-order valence-corrected chi connectivity index (χ1v) is 10.8. The number of hydrogen-bond acceptors (Lipinski definition) is 6. The van der Waals surface area contributed by atoms with Crippen molar-refractivity contribution in [1.29, 1.82) is 0 Å². The van der Waals surface area contributed by atoms with Gasteiger partial charge in [-0.1, -0.05) is 0 Å². The number of carbonyl (C=O) groups excluding carboxylic acids is 1. The van der Waals surface area contributed by atoms with Crippen LogP contribution in [0.25, 0.3) is 22.2 Å². The molecule has 1 aliphatic rings. The molecule has 3 N–H and O–H groups in total. The van der Waals surface area contributed by atoms with Crippen molar-refractivity contribution in [1.82, 2.24) is 35.3 Å². The van der Waals surface area contributed by atoms with E-state index in [1.54, 1.807) is 23.3 Å². The Morgan fingerprint density at radius 2 is 2.25 bits per heavy atom. The van der Waals surface area contributed by atoms with Crippen molar-refractivity contribution in [2.45, 2.75) is 50.8 Å². The van der Waals surface area contributed by atoms with Crippen LogP contribution in [-0.4, -0.2) is 52.6 Å². The molecule has 0 saturated heterocycles. The molecule has 0 aliphatic heterocycles. The Bertz CT molecular complexity index is 1250. The monoisotopic (exact) mass is 431 g/mol. The number of amides is 1. The second-order valence-electron chi connectivity index (χ2n) is 8.60. The summed E-state index contributed by atoms with van der Waals surface area (Å²) in [6, 6.07) is 9.31. The molecular formula is C23H25N7O2. The highest BCUT2D eigenvalue weighted by atomic mass is 16.3. The highest BCUT2D eigenvalue weighted by Gasteiger charge is 2.35. The van der Waals surface area contributed by atoms with Crippen LogP contribution in [0.15, 0.2) is 49.2 Å². The van der Waals surface area contributed by atoms with Gasteiger partial charge in [-0.05, 0) is 62.9 Å². The lowest BCUT2D eigenvalue weighted by Crippen LogP contribution is -2.47. The maximum Gasteiger partial charge on any atom is 0.251 e. The summed E-state index contributed by atoms with van der Waals surface area (Å²) in [7, 11) is 0. The predicted molar refractivity (Wildman–Crippen MR) is 119 cm³/mol. The third-order valence-corrected chi connectivity index (χ3v) is 6.07. The van der Waals surface area contributed by atoms with E-state index in [0.717, 1.165) is 40.7 Å². The molecule has 0 unspecified atom stereocenters. The Kier molecular flexibility index (Phi) is 5.18. The number of benzene rings is 1. The Balaban J connectivity index is 1.34. The number of fused-ring (bicyclic) bond motifs is 1. The molecule has 3 heterocycles. The largest absolute Gasteiger partial charge is 0.388 e. The molecule has 9 heteroatoms. The average molecular weight is 432 g/mol. The maximum atomic E-state index is 13.0. The van der Waals surface area contributed by atoms with Crippen molar-refractivity contribution in [3.05, 3.63) is 60.4 Å². The molecule has 3 aromatic heterocycles. The van der Waals surface area contributed by atoms with Crippen LogP contribution in [0.2, 0.25) is 0 Å². The minimum atomic E-state index is -0.912. The lowest BCUT2D eigenvalue weighted by molar-refractivity contribution is -0.0238. The molecule has 0 radical (unpaired) electrons. The Hall–Kier alpha value is -3.59. The summed E-state index contributed by atoms with van der Waals surface area (Å²) < 4.78 is 1.64. The first kappa shape index (κ1) is 20.3. The van der Waals surface area contributed by atoms with Gasteiger partial charge in [0.1, 0.15) is 18.3 Å². The lowest BCUT2D eigenvalue weighted by atomic mass is 9.81. The van der Waals surface area contributed by atoms with E-state index in [2.05, 4.69) is 30.6 Å². The quantitative estimate of drug-likeness (QED) is 0.447. The first-order chi connectivity index (χ1) is 15.5. The van der Waals surface area contributed by atoms with Gasteiger partial charge >= 0.3 is 0 Å². The molecule has 1 fully saturated rings. The number of aromatic amines is 1. The number of aryl methyl sites for hydroxylation is 1. The summed E-state index contributed by atoms with van der Waals surface area (Å²) in [6.45, 7) is 2.31. The number of hydrogen-bond donors (Lipinski definition) is 3. The molecule has 9 nitrogen and oxygen atoms in total. The van der Waals surface area contributed by atoms with Crippen molar-refractivity contribution in [2.24, 2.45) is 0 Å². The molecule has 4 aromatic rings.